The number of nitrogens with one attached hydrogen (secondary N) is 3. The molecule has 0 radical (unpaired) electrons. The normalized spacial score (nSPS) is 15.4. The van der Waals surface area contributed by atoms with Crippen molar-refractivity contribution in [1.82, 2.24) is 39.8 Å². The molecule has 1 fully saturated rings. The Hall–Kier alpha value is -4.66. The van der Waals surface area contributed by atoms with Crippen LogP contribution in [0.5, 0.6) is 0 Å². The van der Waals surface area contributed by atoms with Crippen LogP contribution < -0.4 is 4.72 Å². The van der Waals surface area contributed by atoms with Crippen LogP contribution in [0.2, 0.25) is 0 Å². The van der Waals surface area contributed by atoms with Crippen LogP contribution in [0.25, 0.3) is 55.8 Å². The van der Waals surface area contributed by atoms with Gasteiger partial charge in [0.05, 0.1) is 18.3 Å². The zero-order valence-corrected chi connectivity index (χ0v) is 24.8. The van der Waals surface area contributed by atoms with Gasteiger partial charge in [0.1, 0.15) is 17.0 Å². The summed E-state index contributed by atoms with van der Waals surface area (Å²) in [6.07, 6.45) is 5.93. The molecule has 0 spiro atoms. The van der Waals surface area contributed by atoms with Crippen molar-refractivity contribution in [3.8, 4) is 33.8 Å². The van der Waals surface area contributed by atoms with Crippen LogP contribution >= 0.6 is 0 Å². The summed E-state index contributed by atoms with van der Waals surface area (Å²) in [5.74, 6) is -2.72. The Bertz CT molecular complexity index is 2180. The second-order valence-electron chi connectivity index (χ2n) is 11.3. The molecule has 0 unspecified atom stereocenters. The number of H-pyrrole nitrogens is 2. The molecule has 45 heavy (non-hydrogen) atoms. The number of hydrogen-bond donors (Lipinski definition) is 3. The number of sulfonamides is 1. The van der Waals surface area contributed by atoms with E-state index in [0.29, 0.717) is 52.5 Å². The number of nitrogens with zero attached hydrogens (tertiary/aromatic N) is 5. The summed E-state index contributed by atoms with van der Waals surface area (Å²) < 4.78 is 67.5. The van der Waals surface area contributed by atoms with Crippen LogP contribution in [-0.4, -0.2) is 68.7 Å². The fourth-order valence-corrected chi connectivity index (χ4v) is 6.11. The number of aromatic nitrogens is 6. The summed E-state index contributed by atoms with van der Waals surface area (Å²) in [7, 11) is -3.46. The van der Waals surface area contributed by atoms with Crippen molar-refractivity contribution in [2.75, 3.05) is 19.3 Å². The summed E-state index contributed by atoms with van der Waals surface area (Å²) in [6, 6.07) is 13.8. The molecule has 1 saturated heterocycles. The lowest BCUT2D eigenvalue weighted by Crippen LogP contribution is -2.24. The molecular weight excluding hydrogens is 605 g/mol. The molecule has 0 bridgehead atoms. The third kappa shape index (κ3) is 6.16. The highest BCUT2D eigenvalue weighted by atomic mass is 32.2. The SMILES string of the molecule is CS(=O)(=O)NCc1cc(F)cc(-c2ccnc3[nH]c(-c4n[nH]c5ccc(-c6cncc(CN7CCC(F)(F)C7)c6)cc45)nc23)c1. The van der Waals surface area contributed by atoms with Gasteiger partial charge in [-0.1, -0.05) is 6.07 Å². The minimum atomic E-state index is -3.46. The lowest BCUT2D eigenvalue weighted by molar-refractivity contribution is 0.0115. The van der Waals surface area contributed by atoms with Crippen molar-refractivity contribution >= 4 is 32.1 Å². The second-order valence-corrected chi connectivity index (χ2v) is 13.1. The minimum Gasteiger partial charge on any atom is -0.321 e. The van der Waals surface area contributed by atoms with Gasteiger partial charge >= 0.3 is 0 Å². The smallest absolute Gasteiger partial charge is 0.261 e. The van der Waals surface area contributed by atoms with Crippen LogP contribution in [0.3, 0.4) is 0 Å². The number of aromatic amines is 2. The second kappa shape index (κ2) is 11.1. The Balaban J connectivity index is 1.22. The molecule has 0 atom stereocenters. The van der Waals surface area contributed by atoms with Crippen LogP contribution in [0.15, 0.2) is 67.1 Å². The quantitative estimate of drug-likeness (QED) is 0.209. The van der Waals surface area contributed by atoms with Crippen molar-refractivity contribution in [3.05, 3.63) is 84.1 Å². The highest BCUT2D eigenvalue weighted by Gasteiger charge is 2.37. The number of rotatable bonds is 8. The zero-order valence-electron chi connectivity index (χ0n) is 24.0. The number of alkyl halides is 2. The van der Waals surface area contributed by atoms with Crippen LogP contribution in [0.1, 0.15) is 17.5 Å². The predicted octanol–water partition coefficient (Wildman–Crippen LogP) is 5.26. The highest BCUT2D eigenvalue weighted by Crippen LogP contribution is 2.34. The number of halogens is 3. The Kier molecular flexibility index (Phi) is 7.14. The number of pyridine rings is 2. The number of fused-ring (bicyclic) bond motifs is 2. The lowest BCUT2D eigenvalue weighted by Gasteiger charge is -2.15. The third-order valence-corrected chi connectivity index (χ3v) is 8.43. The number of benzene rings is 2. The van der Waals surface area contributed by atoms with E-state index in [2.05, 4.69) is 29.9 Å². The molecule has 6 aromatic rings. The topological polar surface area (TPSA) is 133 Å². The molecule has 230 valence electrons. The van der Waals surface area contributed by atoms with Crippen LogP contribution in [0, 0.1) is 5.82 Å². The molecule has 0 amide bonds. The molecule has 2 aromatic carbocycles. The van der Waals surface area contributed by atoms with E-state index < -0.39 is 21.8 Å². The van der Waals surface area contributed by atoms with Crippen molar-refractivity contribution in [3.63, 3.8) is 0 Å². The predicted molar refractivity (Wildman–Crippen MR) is 164 cm³/mol. The molecule has 0 aliphatic carbocycles. The van der Waals surface area contributed by atoms with E-state index in [0.717, 1.165) is 33.8 Å². The first kappa shape index (κ1) is 29.1. The number of likely N-dealkylation sites (tertiary alicyclic amines) is 1. The largest absolute Gasteiger partial charge is 0.321 e. The first-order chi connectivity index (χ1) is 21.5. The maximum absolute atomic E-state index is 14.6. The molecule has 7 rings (SSSR count). The molecule has 14 heteroatoms. The monoisotopic (exact) mass is 632 g/mol. The first-order valence-electron chi connectivity index (χ1n) is 14.1. The van der Waals surface area contributed by atoms with E-state index in [1.807, 2.05) is 24.3 Å². The van der Waals surface area contributed by atoms with E-state index in [4.69, 9.17) is 4.98 Å². The molecule has 1 aliphatic heterocycles. The van der Waals surface area contributed by atoms with Crippen LogP contribution in [0.4, 0.5) is 13.2 Å². The van der Waals surface area contributed by atoms with E-state index in [1.54, 1.807) is 35.6 Å². The Morgan fingerprint density at radius 3 is 2.67 bits per heavy atom. The van der Waals surface area contributed by atoms with Crippen molar-refractivity contribution in [2.45, 2.75) is 25.4 Å². The summed E-state index contributed by atoms with van der Waals surface area (Å²) >= 11 is 0. The van der Waals surface area contributed by atoms with E-state index >= 15 is 0 Å². The van der Waals surface area contributed by atoms with Gasteiger partial charge in [-0.05, 0) is 64.7 Å². The number of hydrogen-bond acceptors (Lipinski definition) is 7. The van der Waals surface area contributed by atoms with Crippen molar-refractivity contribution < 1.29 is 21.6 Å². The first-order valence-corrected chi connectivity index (χ1v) is 16.0. The fourth-order valence-electron chi connectivity index (χ4n) is 5.68. The summed E-state index contributed by atoms with van der Waals surface area (Å²) in [5, 5.41) is 8.33. The minimum absolute atomic E-state index is 0.0577. The Morgan fingerprint density at radius 2 is 1.87 bits per heavy atom. The van der Waals surface area contributed by atoms with Gasteiger partial charge in [0.2, 0.25) is 10.0 Å². The third-order valence-electron chi connectivity index (χ3n) is 7.76. The average Bonchev–Trinajstić information content (AvgIpc) is 3.71. The van der Waals surface area contributed by atoms with Gasteiger partial charge in [0, 0.05) is 61.2 Å². The average molecular weight is 633 g/mol. The molecule has 5 heterocycles. The zero-order chi connectivity index (χ0) is 31.3. The van der Waals surface area contributed by atoms with Gasteiger partial charge in [-0.3, -0.25) is 15.0 Å². The molecule has 0 saturated carbocycles. The Morgan fingerprint density at radius 1 is 1.02 bits per heavy atom. The van der Waals surface area contributed by atoms with Gasteiger partial charge < -0.3 is 4.98 Å². The summed E-state index contributed by atoms with van der Waals surface area (Å²) in [4.78, 5) is 18.5. The maximum atomic E-state index is 14.6. The van der Waals surface area contributed by atoms with Gasteiger partial charge in [-0.25, -0.2) is 36.3 Å². The molecule has 3 N–H and O–H groups in total. The van der Waals surface area contributed by atoms with Gasteiger partial charge in [0.15, 0.2) is 11.5 Å². The molecule has 1 aliphatic rings. The summed E-state index contributed by atoms with van der Waals surface area (Å²) in [5.41, 5.74) is 6.45. The van der Waals surface area contributed by atoms with E-state index in [1.165, 1.54) is 12.1 Å². The fraction of sp³-hybridized carbons (Fsp3) is 0.226. The van der Waals surface area contributed by atoms with Gasteiger partial charge in [-0.15, -0.1) is 0 Å². The molecular formula is C31H27F3N8O2S. The van der Waals surface area contributed by atoms with Gasteiger partial charge in [-0.2, -0.15) is 5.10 Å². The van der Waals surface area contributed by atoms with E-state index in [-0.39, 0.29) is 19.5 Å². The maximum Gasteiger partial charge on any atom is 0.261 e. The van der Waals surface area contributed by atoms with Gasteiger partial charge in [0.25, 0.3) is 5.92 Å². The lowest BCUT2D eigenvalue weighted by atomic mass is 10.0. The van der Waals surface area contributed by atoms with Crippen molar-refractivity contribution in [1.29, 1.82) is 0 Å². The highest BCUT2D eigenvalue weighted by molar-refractivity contribution is 7.88. The van der Waals surface area contributed by atoms with Crippen LogP contribution in [-0.2, 0) is 23.1 Å². The standard InChI is InChI=1S/C31H27F3N8O2S/c1-45(43,44)37-14-18-8-21(11-23(32)10-18)24-4-6-36-29-27(24)38-30(39-29)28-25-12-20(2-3-26(25)40-41-28)22-9-19(13-35-15-22)16-42-7-5-31(33,34)17-42/h2-4,6,8-13,15,37H,5,7,14,16-17H2,1H3,(H,40,41)(H,36,38,39). The summed E-state index contributed by atoms with van der Waals surface area (Å²) in [6.45, 7) is 0.426. The Labute approximate surface area is 255 Å². The molecule has 4 aromatic heterocycles. The van der Waals surface area contributed by atoms with Crippen molar-refractivity contribution in [2.24, 2.45) is 0 Å². The molecule has 10 nitrogen and oxygen atoms in total. The van der Waals surface area contributed by atoms with E-state index in [9.17, 15) is 21.6 Å². The number of imidazole rings is 1.